The predicted octanol–water partition coefficient (Wildman–Crippen LogP) is 3.75. The van der Waals surface area contributed by atoms with E-state index in [2.05, 4.69) is 14.9 Å². The van der Waals surface area contributed by atoms with Crippen LogP contribution in [0.15, 0.2) is 12.4 Å². The van der Waals surface area contributed by atoms with Crippen molar-refractivity contribution in [3.05, 3.63) is 17.4 Å². The predicted molar refractivity (Wildman–Crippen MR) is 119 cm³/mol. The Hall–Kier alpha value is -1.17. The Bertz CT molecular complexity index is 895. The zero-order valence-corrected chi connectivity index (χ0v) is 20.0. The lowest BCUT2D eigenvalue weighted by molar-refractivity contribution is -0.130. The van der Waals surface area contributed by atoms with Crippen LogP contribution in [0.5, 0.6) is 0 Å². The van der Waals surface area contributed by atoms with Crippen molar-refractivity contribution in [1.82, 2.24) is 14.3 Å². The van der Waals surface area contributed by atoms with Crippen LogP contribution < -0.4 is 4.90 Å². The highest BCUT2D eigenvalue weighted by molar-refractivity contribution is 7.89. The number of anilines is 1. The molecule has 7 nitrogen and oxygen atoms in total. The van der Waals surface area contributed by atoms with Crippen molar-refractivity contribution >= 4 is 27.6 Å². The summed E-state index contributed by atoms with van der Waals surface area (Å²) in [7, 11) is -3.89. The molecule has 33 heavy (non-hydrogen) atoms. The van der Waals surface area contributed by atoms with Crippen molar-refractivity contribution in [3.8, 4) is 0 Å². The van der Waals surface area contributed by atoms with Gasteiger partial charge in [-0.2, -0.15) is 17.5 Å². The molecule has 4 rings (SSSR count). The van der Waals surface area contributed by atoms with E-state index in [4.69, 9.17) is 16.3 Å². The molecule has 0 spiro atoms. The molecule has 0 N–H and O–H groups in total. The van der Waals surface area contributed by atoms with Gasteiger partial charge < -0.3 is 9.64 Å². The average molecular weight is 511 g/mol. The van der Waals surface area contributed by atoms with Crippen molar-refractivity contribution in [1.29, 1.82) is 0 Å². The molecule has 0 radical (unpaired) electrons. The summed E-state index contributed by atoms with van der Waals surface area (Å²) in [5.74, 6) is 1.88. The van der Waals surface area contributed by atoms with Gasteiger partial charge in [0, 0.05) is 32.8 Å². The standard InChI is InChI=1S/C21H30ClF3N4O3S/c22-17-12-26-20(27-13-17)28-6-1-15(2-7-28)19-11-16(19)4-9-32-18-3-8-29(14-18)33(30,31)10-5-21(23,24)25/h12-13,15-16,18-19H,1-11,14H2/t16-,18-,19-/m1/s1. The van der Waals surface area contributed by atoms with E-state index in [1.54, 1.807) is 12.4 Å². The van der Waals surface area contributed by atoms with Gasteiger partial charge in [0.05, 0.1) is 35.7 Å². The lowest BCUT2D eigenvalue weighted by atomic mass is 9.90. The van der Waals surface area contributed by atoms with Crippen molar-refractivity contribution in [3.63, 3.8) is 0 Å². The minimum atomic E-state index is -4.47. The zero-order chi connectivity index (χ0) is 23.6. The van der Waals surface area contributed by atoms with Gasteiger partial charge >= 0.3 is 6.18 Å². The number of hydrogen-bond acceptors (Lipinski definition) is 6. The molecule has 3 fully saturated rings. The second-order valence-corrected chi connectivity index (χ2v) is 11.8. The first-order valence-corrected chi connectivity index (χ1v) is 13.5. The number of rotatable bonds is 9. The molecule has 0 amide bonds. The van der Waals surface area contributed by atoms with Gasteiger partial charge in [-0.25, -0.2) is 18.4 Å². The lowest BCUT2D eigenvalue weighted by Crippen LogP contribution is -2.35. The van der Waals surface area contributed by atoms with Gasteiger partial charge in [-0.3, -0.25) is 0 Å². The quantitative estimate of drug-likeness (QED) is 0.503. The third kappa shape index (κ3) is 6.93. The highest BCUT2D eigenvalue weighted by Gasteiger charge is 2.43. The molecular weight excluding hydrogens is 481 g/mol. The molecule has 0 unspecified atom stereocenters. The number of halogens is 4. The van der Waals surface area contributed by atoms with Crippen molar-refractivity contribution in [2.24, 2.45) is 17.8 Å². The van der Waals surface area contributed by atoms with E-state index in [1.807, 2.05) is 0 Å². The maximum absolute atomic E-state index is 12.4. The maximum atomic E-state index is 12.4. The summed E-state index contributed by atoms with van der Waals surface area (Å²) in [6.07, 6.45) is 2.13. The molecule has 3 aliphatic rings. The molecule has 3 atom stereocenters. The molecule has 2 aliphatic heterocycles. The van der Waals surface area contributed by atoms with Gasteiger partial charge in [-0.1, -0.05) is 11.6 Å². The largest absolute Gasteiger partial charge is 0.390 e. The number of nitrogens with zero attached hydrogens (tertiary/aromatic N) is 4. The Morgan fingerprint density at radius 1 is 1.12 bits per heavy atom. The van der Waals surface area contributed by atoms with Crippen LogP contribution in [0.3, 0.4) is 0 Å². The topological polar surface area (TPSA) is 75.6 Å². The number of piperidine rings is 1. The Balaban J connectivity index is 1.12. The Kier molecular flexibility index (Phi) is 7.72. The summed E-state index contributed by atoms with van der Waals surface area (Å²) in [6.45, 7) is 2.82. The van der Waals surface area contributed by atoms with E-state index in [0.717, 1.165) is 42.6 Å². The summed E-state index contributed by atoms with van der Waals surface area (Å²) in [6, 6.07) is 0. The molecule has 12 heteroatoms. The Labute approximate surface area is 197 Å². The zero-order valence-electron chi connectivity index (χ0n) is 18.4. The van der Waals surface area contributed by atoms with E-state index < -0.39 is 28.4 Å². The first-order chi connectivity index (χ1) is 15.6. The maximum Gasteiger partial charge on any atom is 0.390 e. The number of ether oxygens (including phenoxy) is 1. The average Bonchev–Trinajstić information content (AvgIpc) is 3.37. The molecule has 1 aromatic heterocycles. The highest BCUT2D eigenvalue weighted by atomic mass is 35.5. The van der Waals surface area contributed by atoms with Gasteiger partial charge in [0.1, 0.15) is 0 Å². The monoisotopic (exact) mass is 510 g/mol. The Morgan fingerprint density at radius 2 is 1.82 bits per heavy atom. The number of alkyl halides is 3. The lowest BCUT2D eigenvalue weighted by Gasteiger charge is -2.32. The fraction of sp³-hybridized carbons (Fsp3) is 0.810. The second-order valence-electron chi connectivity index (χ2n) is 9.29. The molecular formula is C21H30ClF3N4O3S. The second kappa shape index (κ2) is 10.2. The van der Waals surface area contributed by atoms with Gasteiger partial charge in [0.15, 0.2) is 0 Å². The summed E-state index contributed by atoms with van der Waals surface area (Å²) in [5, 5.41) is 0.532. The third-order valence-corrected chi connectivity index (χ3v) is 9.03. The number of aromatic nitrogens is 2. The molecule has 1 saturated carbocycles. The summed E-state index contributed by atoms with van der Waals surface area (Å²) >= 11 is 5.86. The SMILES string of the molecule is O=S(=O)(CCC(F)(F)F)N1CC[C@@H](OCC[C@@H]2C[C@@H]2C2CCN(c3ncc(Cl)cn3)CC2)C1. The van der Waals surface area contributed by atoms with Crippen LogP contribution in [-0.4, -0.2) is 73.5 Å². The van der Waals surface area contributed by atoms with E-state index in [9.17, 15) is 21.6 Å². The molecule has 0 aromatic carbocycles. The molecule has 0 bridgehead atoms. The van der Waals surface area contributed by atoms with E-state index >= 15 is 0 Å². The van der Waals surface area contributed by atoms with Crippen molar-refractivity contribution in [2.45, 2.75) is 50.8 Å². The van der Waals surface area contributed by atoms with Gasteiger partial charge in [-0.15, -0.1) is 0 Å². The minimum Gasteiger partial charge on any atom is -0.377 e. The van der Waals surface area contributed by atoms with Crippen LogP contribution in [0.4, 0.5) is 19.1 Å². The fourth-order valence-electron chi connectivity index (χ4n) is 5.02. The van der Waals surface area contributed by atoms with Crippen LogP contribution in [-0.2, 0) is 14.8 Å². The van der Waals surface area contributed by atoms with Crippen LogP contribution >= 0.6 is 11.6 Å². The minimum absolute atomic E-state index is 0.152. The Morgan fingerprint density at radius 3 is 2.48 bits per heavy atom. The summed E-state index contributed by atoms with van der Waals surface area (Å²) < 4.78 is 68.3. The summed E-state index contributed by atoms with van der Waals surface area (Å²) in [4.78, 5) is 10.8. The van der Waals surface area contributed by atoms with Crippen LogP contribution in [0, 0.1) is 17.8 Å². The normalized spacial score (nSPS) is 27.3. The first kappa shape index (κ1) is 24.9. The molecule has 3 heterocycles. The van der Waals surface area contributed by atoms with Crippen LogP contribution in [0.2, 0.25) is 5.02 Å². The fourth-order valence-corrected chi connectivity index (χ4v) is 6.65. The molecule has 186 valence electrons. The van der Waals surface area contributed by atoms with Crippen LogP contribution in [0.25, 0.3) is 0 Å². The molecule has 1 aliphatic carbocycles. The van der Waals surface area contributed by atoms with Crippen molar-refractivity contribution < 1.29 is 26.3 Å². The van der Waals surface area contributed by atoms with Gasteiger partial charge in [0.2, 0.25) is 16.0 Å². The van der Waals surface area contributed by atoms with Crippen molar-refractivity contribution in [2.75, 3.05) is 43.4 Å². The van der Waals surface area contributed by atoms with E-state index in [1.165, 1.54) is 6.42 Å². The highest BCUT2D eigenvalue weighted by Crippen LogP contribution is 2.50. The van der Waals surface area contributed by atoms with E-state index in [0.29, 0.717) is 35.8 Å². The summed E-state index contributed by atoms with van der Waals surface area (Å²) in [5.41, 5.74) is 0. The van der Waals surface area contributed by atoms with Crippen LogP contribution in [0.1, 0.15) is 38.5 Å². The number of hydrogen-bond donors (Lipinski definition) is 0. The first-order valence-electron chi connectivity index (χ1n) is 11.5. The van der Waals surface area contributed by atoms with E-state index in [-0.39, 0.29) is 19.2 Å². The smallest absolute Gasteiger partial charge is 0.377 e. The third-order valence-electron chi connectivity index (χ3n) is 7.00. The number of sulfonamides is 1. The van der Waals surface area contributed by atoms with Gasteiger partial charge in [-0.05, 0) is 49.9 Å². The molecule has 1 aromatic rings. The van der Waals surface area contributed by atoms with Gasteiger partial charge in [0.25, 0.3) is 0 Å². The molecule has 2 saturated heterocycles.